The second-order valence-corrected chi connectivity index (χ2v) is 3.49. The molecule has 3 nitrogen and oxygen atoms in total. The van der Waals surface area contributed by atoms with Gasteiger partial charge in [-0.15, -0.1) is 0 Å². The highest BCUT2D eigenvalue weighted by atomic mass is 35.5. The Morgan fingerprint density at radius 1 is 1.21 bits per heavy atom. The SMILES string of the molecule is COc1c(O)c(Cl)c(Cl)c(C=O)c1Cl. The molecule has 0 radical (unpaired) electrons. The number of methoxy groups -OCH3 is 1. The van der Waals surface area contributed by atoms with Gasteiger partial charge in [0.2, 0.25) is 0 Å². The molecule has 0 heterocycles. The van der Waals surface area contributed by atoms with Crippen LogP contribution < -0.4 is 4.74 Å². The summed E-state index contributed by atoms with van der Waals surface area (Å²) in [6.45, 7) is 0. The molecule has 0 spiro atoms. The van der Waals surface area contributed by atoms with Crippen molar-refractivity contribution in [2.75, 3.05) is 7.11 Å². The first-order valence-corrected chi connectivity index (χ1v) is 4.56. The van der Waals surface area contributed by atoms with E-state index in [1.165, 1.54) is 7.11 Å². The van der Waals surface area contributed by atoms with Gasteiger partial charge in [-0.05, 0) is 0 Å². The number of aromatic hydroxyl groups is 1. The molecular formula is C8H5Cl3O3. The third kappa shape index (κ3) is 1.63. The number of aldehydes is 1. The van der Waals surface area contributed by atoms with E-state index in [-0.39, 0.29) is 32.1 Å². The van der Waals surface area contributed by atoms with Crippen LogP contribution in [0.5, 0.6) is 11.5 Å². The molecule has 0 saturated carbocycles. The Kier molecular flexibility index (Phi) is 3.48. The summed E-state index contributed by atoms with van der Waals surface area (Å²) in [5.41, 5.74) is -0.00650. The summed E-state index contributed by atoms with van der Waals surface area (Å²) in [6, 6.07) is 0. The van der Waals surface area contributed by atoms with Gasteiger partial charge in [-0.25, -0.2) is 0 Å². The molecule has 0 unspecified atom stereocenters. The third-order valence-corrected chi connectivity index (χ3v) is 2.84. The third-order valence-electron chi connectivity index (χ3n) is 1.61. The van der Waals surface area contributed by atoms with Crippen LogP contribution in [-0.2, 0) is 0 Å². The number of carbonyl (C=O) groups is 1. The fourth-order valence-corrected chi connectivity index (χ4v) is 1.70. The zero-order valence-electron chi connectivity index (χ0n) is 6.97. The van der Waals surface area contributed by atoms with E-state index in [2.05, 4.69) is 0 Å². The van der Waals surface area contributed by atoms with E-state index >= 15 is 0 Å². The van der Waals surface area contributed by atoms with Crippen molar-refractivity contribution in [1.29, 1.82) is 0 Å². The molecule has 76 valence electrons. The summed E-state index contributed by atoms with van der Waals surface area (Å²) in [7, 11) is 1.29. The average molecular weight is 255 g/mol. The Hall–Kier alpha value is -0.640. The normalized spacial score (nSPS) is 10.0. The molecule has 0 aliphatic carbocycles. The maximum absolute atomic E-state index is 10.6. The molecule has 6 heteroatoms. The van der Waals surface area contributed by atoms with Gasteiger partial charge in [0, 0.05) is 0 Å². The van der Waals surface area contributed by atoms with Crippen molar-refractivity contribution < 1.29 is 14.6 Å². The maximum Gasteiger partial charge on any atom is 0.181 e. The first-order chi connectivity index (χ1) is 6.54. The van der Waals surface area contributed by atoms with Crippen LogP contribution in [0, 0.1) is 0 Å². The molecule has 1 aromatic rings. The lowest BCUT2D eigenvalue weighted by atomic mass is 10.2. The van der Waals surface area contributed by atoms with Crippen LogP contribution in [0.1, 0.15) is 10.4 Å². The predicted molar refractivity (Wildman–Crippen MR) is 55.1 cm³/mol. The molecule has 0 atom stereocenters. The standard InChI is InChI=1S/C8H5Cl3O3/c1-14-8-5(10)3(2-12)4(9)6(11)7(8)13/h2,13H,1H3. The number of phenolic OH excluding ortho intramolecular Hbond substituents is 1. The van der Waals surface area contributed by atoms with Crippen LogP contribution in [0.15, 0.2) is 0 Å². The van der Waals surface area contributed by atoms with E-state index in [0.29, 0.717) is 6.29 Å². The summed E-state index contributed by atoms with van der Waals surface area (Å²) < 4.78 is 4.77. The topological polar surface area (TPSA) is 46.5 Å². The number of benzene rings is 1. The Labute approximate surface area is 95.1 Å². The lowest BCUT2D eigenvalue weighted by Crippen LogP contribution is -1.92. The van der Waals surface area contributed by atoms with Crippen molar-refractivity contribution in [2.24, 2.45) is 0 Å². The van der Waals surface area contributed by atoms with Crippen molar-refractivity contribution in [2.45, 2.75) is 0 Å². The zero-order valence-corrected chi connectivity index (χ0v) is 9.24. The smallest absolute Gasteiger partial charge is 0.181 e. The fraction of sp³-hybridized carbons (Fsp3) is 0.125. The van der Waals surface area contributed by atoms with Gasteiger partial charge in [0.05, 0.1) is 22.7 Å². The molecule has 1 N–H and O–H groups in total. The minimum atomic E-state index is -0.380. The predicted octanol–water partition coefficient (Wildman–Crippen LogP) is 3.17. The van der Waals surface area contributed by atoms with E-state index < -0.39 is 0 Å². The maximum atomic E-state index is 10.6. The number of hydrogen-bond acceptors (Lipinski definition) is 3. The molecule has 0 aromatic heterocycles. The van der Waals surface area contributed by atoms with Crippen LogP contribution in [0.3, 0.4) is 0 Å². The molecule has 0 aliphatic heterocycles. The summed E-state index contributed by atoms with van der Waals surface area (Å²) in [6.07, 6.45) is 0.443. The molecule has 1 aromatic carbocycles. The van der Waals surface area contributed by atoms with Crippen molar-refractivity contribution in [3.8, 4) is 11.5 Å². The Morgan fingerprint density at radius 3 is 2.21 bits per heavy atom. The minimum absolute atomic E-state index is 0.00650. The molecule has 1 rings (SSSR count). The number of rotatable bonds is 2. The molecule has 0 aliphatic rings. The van der Waals surface area contributed by atoms with Gasteiger partial charge in [-0.3, -0.25) is 4.79 Å². The van der Waals surface area contributed by atoms with E-state index in [4.69, 9.17) is 39.5 Å². The van der Waals surface area contributed by atoms with Gasteiger partial charge in [0.15, 0.2) is 17.8 Å². The van der Waals surface area contributed by atoms with Crippen LogP contribution >= 0.6 is 34.8 Å². The largest absolute Gasteiger partial charge is 0.503 e. The summed E-state index contributed by atoms with van der Waals surface area (Å²) in [5.74, 6) is -0.446. The highest BCUT2D eigenvalue weighted by Crippen LogP contribution is 2.46. The number of halogens is 3. The van der Waals surface area contributed by atoms with Crippen molar-refractivity contribution in [1.82, 2.24) is 0 Å². The number of ether oxygens (including phenoxy) is 1. The Bertz CT molecular complexity index is 390. The number of phenols is 1. The number of carbonyl (C=O) groups excluding carboxylic acids is 1. The van der Waals surface area contributed by atoms with Crippen molar-refractivity contribution in [3.05, 3.63) is 20.6 Å². The highest BCUT2D eigenvalue weighted by Gasteiger charge is 2.20. The monoisotopic (exact) mass is 254 g/mol. The highest BCUT2D eigenvalue weighted by molar-refractivity contribution is 6.47. The second kappa shape index (κ2) is 4.26. The van der Waals surface area contributed by atoms with Crippen LogP contribution in [0.2, 0.25) is 15.1 Å². The lowest BCUT2D eigenvalue weighted by Gasteiger charge is -2.10. The Morgan fingerprint density at radius 2 is 1.79 bits per heavy atom. The van der Waals surface area contributed by atoms with Crippen LogP contribution in [0.4, 0.5) is 0 Å². The first kappa shape index (κ1) is 11.4. The van der Waals surface area contributed by atoms with E-state index in [1.807, 2.05) is 0 Å². The van der Waals surface area contributed by atoms with Crippen molar-refractivity contribution >= 4 is 41.1 Å². The van der Waals surface area contributed by atoms with Gasteiger partial charge in [-0.1, -0.05) is 34.8 Å². The van der Waals surface area contributed by atoms with Crippen LogP contribution in [0.25, 0.3) is 0 Å². The average Bonchev–Trinajstić information content (AvgIpc) is 2.16. The van der Waals surface area contributed by atoms with Gasteiger partial charge < -0.3 is 9.84 Å². The molecule has 0 amide bonds. The van der Waals surface area contributed by atoms with E-state index in [0.717, 1.165) is 0 Å². The van der Waals surface area contributed by atoms with Gasteiger partial charge in [-0.2, -0.15) is 0 Å². The molecule has 14 heavy (non-hydrogen) atoms. The first-order valence-electron chi connectivity index (χ1n) is 3.43. The van der Waals surface area contributed by atoms with Gasteiger partial charge in [0.25, 0.3) is 0 Å². The second-order valence-electron chi connectivity index (χ2n) is 2.36. The summed E-state index contributed by atoms with van der Waals surface area (Å²) >= 11 is 17.0. The zero-order chi connectivity index (χ0) is 10.9. The fourth-order valence-electron chi connectivity index (χ4n) is 0.934. The quantitative estimate of drug-likeness (QED) is 0.652. The number of hydrogen-bond donors (Lipinski definition) is 1. The summed E-state index contributed by atoms with van der Waals surface area (Å²) in [5, 5.41) is 9.13. The summed E-state index contributed by atoms with van der Waals surface area (Å²) in [4.78, 5) is 10.6. The molecule has 0 bridgehead atoms. The van der Waals surface area contributed by atoms with Gasteiger partial charge >= 0.3 is 0 Å². The van der Waals surface area contributed by atoms with E-state index in [9.17, 15) is 9.90 Å². The molecule has 0 saturated heterocycles. The Balaban J connectivity index is 3.64. The minimum Gasteiger partial charge on any atom is -0.503 e. The van der Waals surface area contributed by atoms with Crippen LogP contribution in [-0.4, -0.2) is 18.5 Å². The molecular weight excluding hydrogens is 250 g/mol. The molecule has 0 fully saturated rings. The van der Waals surface area contributed by atoms with Gasteiger partial charge in [0.1, 0.15) is 5.02 Å². The lowest BCUT2D eigenvalue weighted by molar-refractivity contribution is 0.112. The van der Waals surface area contributed by atoms with Crippen molar-refractivity contribution in [3.63, 3.8) is 0 Å². The van der Waals surface area contributed by atoms with E-state index in [1.54, 1.807) is 0 Å².